The average Bonchev–Trinajstić information content (AvgIpc) is 2.47. The van der Waals surface area contributed by atoms with Crippen molar-refractivity contribution < 1.29 is 9.59 Å². The quantitative estimate of drug-likeness (QED) is 0.736. The van der Waals surface area contributed by atoms with Gasteiger partial charge in [0.2, 0.25) is 11.8 Å². The van der Waals surface area contributed by atoms with Crippen LogP contribution in [-0.2, 0) is 9.59 Å². The van der Waals surface area contributed by atoms with Crippen molar-refractivity contribution in [3.63, 3.8) is 0 Å². The van der Waals surface area contributed by atoms with E-state index in [-0.39, 0.29) is 23.8 Å². The van der Waals surface area contributed by atoms with E-state index in [1.165, 1.54) is 0 Å². The molecular weight excluding hydrogens is 216 g/mol. The highest BCUT2D eigenvalue weighted by Gasteiger charge is 2.34. The molecule has 0 saturated carbocycles. The molecule has 0 aromatic carbocycles. The molecule has 0 spiro atoms. The molecule has 3 unspecified atom stereocenters. The Balaban J connectivity index is 2.93. The van der Waals surface area contributed by atoms with Gasteiger partial charge in [-0.1, -0.05) is 26.2 Å². The fourth-order valence-corrected chi connectivity index (χ4v) is 1.91. The number of nitrogens with one attached hydrogen (secondary N) is 1. The average molecular weight is 236 g/mol. The van der Waals surface area contributed by atoms with Gasteiger partial charge in [0.1, 0.15) is 6.04 Å². The Morgan fingerprint density at radius 2 is 2.18 bits per heavy atom. The van der Waals surface area contributed by atoms with E-state index in [1.54, 1.807) is 11.8 Å². The van der Waals surface area contributed by atoms with Crippen LogP contribution in [0.3, 0.4) is 0 Å². The molecule has 1 heterocycles. The van der Waals surface area contributed by atoms with Crippen molar-refractivity contribution in [3.8, 4) is 12.3 Å². The molecule has 1 aliphatic rings. The summed E-state index contributed by atoms with van der Waals surface area (Å²) >= 11 is 0. The minimum atomic E-state index is -0.439. The van der Waals surface area contributed by atoms with Gasteiger partial charge in [0.05, 0.1) is 6.04 Å². The topological polar surface area (TPSA) is 49.4 Å². The van der Waals surface area contributed by atoms with Crippen LogP contribution in [0.1, 0.15) is 33.6 Å². The third kappa shape index (κ3) is 3.00. The number of nitrogens with zero attached hydrogens (tertiary/aromatic N) is 1. The van der Waals surface area contributed by atoms with Gasteiger partial charge in [-0.05, 0) is 12.8 Å². The molecule has 4 heteroatoms. The van der Waals surface area contributed by atoms with E-state index in [9.17, 15) is 9.59 Å². The molecule has 1 rings (SSSR count). The lowest BCUT2D eigenvalue weighted by molar-refractivity contribution is -0.135. The number of hydrogen-bond donors (Lipinski definition) is 1. The summed E-state index contributed by atoms with van der Waals surface area (Å²) in [6, 6.07) is -0.701. The van der Waals surface area contributed by atoms with E-state index < -0.39 is 6.04 Å². The van der Waals surface area contributed by atoms with Crippen molar-refractivity contribution in [2.24, 2.45) is 5.92 Å². The van der Waals surface area contributed by atoms with E-state index in [0.717, 1.165) is 6.42 Å². The normalized spacial score (nSPS) is 24.6. The van der Waals surface area contributed by atoms with E-state index in [4.69, 9.17) is 6.42 Å². The van der Waals surface area contributed by atoms with E-state index in [0.29, 0.717) is 13.0 Å². The number of rotatable bonds is 3. The van der Waals surface area contributed by atoms with Crippen LogP contribution in [0, 0.1) is 18.3 Å². The predicted molar refractivity (Wildman–Crippen MR) is 66.0 cm³/mol. The second-order valence-electron chi connectivity index (χ2n) is 4.55. The first kappa shape index (κ1) is 13.6. The van der Waals surface area contributed by atoms with Crippen LogP contribution in [0.5, 0.6) is 0 Å². The van der Waals surface area contributed by atoms with Crippen LogP contribution < -0.4 is 5.32 Å². The van der Waals surface area contributed by atoms with Crippen molar-refractivity contribution in [3.05, 3.63) is 0 Å². The lowest BCUT2D eigenvalue weighted by Gasteiger charge is -2.29. The summed E-state index contributed by atoms with van der Waals surface area (Å²) in [5.41, 5.74) is 0. The molecule has 0 radical (unpaired) electrons. The first-order chi connectivity index (χ1) is 8.01. The molecular formula is C13H20N2O2. The summed E-state index contributed by atoms with van der Waals surface area (Å²) in [6.45, 7) is 6.18. The number of terminal acetylenes is 1. The molecule has 0 aromatic rings. The molecule has 4 nitrogen and oxygen atoms in total. The van der Waals surface area contributed by atoms with Gasteiger partial charge in [0.25, 0.3) is 0 Å². The zero-order valence-corrected chi connectivity index (χ0v) is 10.7. The molecule has 0 aromatic heterocycles. The van der Waals surface area contributed by atoms with Gasteiger partial charge in [0, 0.05) is 13.0 Å². The fraction of sp³-hybridized carbons (Fsp3) is 0.692. The van der Waals surface area contributed by atoms with Crippen molar-refractivity contribution in [2.75, 3.05) is 6.54 Å². The SMILES string of the molecule is C#CC(C)N1CCC(=O)NC(C(C)CC)C1=O. The van der Waals surface area contributed by atoms with Crippen LogP contribution in [-0.4, -0.2) is 35.3 Å². The van der Waals surface area contributed by atoms with Gasteiger partial charge in [-0.2, -0.15) is 0 Å². The van der Waals surface area contributed by atoms with Crippen molar-refractivity contribution >= 4 is 11.8 Å². The Labute approximate surface area is 103 Å². The number of carbonyl (C=O) groups is 2. The number of carbonyl (C=O) groups excluding carboxylic acids is 2. The standard InChI is InChI=1S/C13H20N2O2/c1-5-9(3)12-13(17)15(10(4)6-2)8-7-11(16)14-12/h2,9-10,12H,5,7-8H2,1,3-4H3,(H,14,16). The van der Waals surface area contributed by atoms with Crippen LogP contribution >= 0.6 is 0 Å². The van der Waals surface area contributed by atoms with E-state index in [2.05, 4.69) is 11.2 Å². The third-order valence-electron chi connectivity index (χ3n) is 3.37. The number of hydrogen-bond acceptors (Lipinski definition) is 2. The maximum absolute atomic E-state index is 12.3. The highest BCUT2D eigenvalue weighted by Crippen LogP contribution is 2.15. The third-order valence-corrected chi connectivity index (χ3v) is 3.37. The Hall–Kier alpha value is -1.50. The van der Waals surface area contributed by atoms with Gasteiger partial charge in [-0.3, -0.25) is 9.59 Å². The molecule has 17 heavy (non-hydrogen) atoms. The molecule has 2 amide bonds. The summed E-state index contributed by atoms with van der Waals surface area (Å²) in [5.74, 6) is 2.54. The molecule has 1 saturated heterocycles. The van der Waals surface area contributed by atoms with Crippen LogP contribution in [0.15, 0.2) is 0 Å². The minimum absolute atomic E-state index is 0.0596. The molecule has 1 aliphatic heterocycles. The minimum Gasteiger partial charge on any atom is -0.344 e. The monoisotopic (exact) mass is 236 g/mol. The largest absolute Gasteiger partial charge is 0.344 e. The van der Waals surface area contributed by atoms with Crippen LogP contribution in [0.4, 0.5) is 0 Å². The van der Waals surface area contributed by atoms with Gasteiger partial charge in [-0.15, -0.1) is 6.42 Å². The summed E-state index contributed by atoms with van der Waals surface area (Å²) in [4.78, 5) is 25.5. The second kappa shape index (κ2) is 5.72. The Morgan fingerprint density at radius 3 is 2.71 bits per heavy atom. The Bertz CT molecular complexity index is 346. The fourth-order valence-electron chi connectivity index (χ4n) is 1.91. The molecule has 3 atom stereocenters. The highest BCUT2D eigenvalue weighted by atomic mass is 16.2. The predicted octanol–water partition coefficient (Wildman–Crippen LogP) is 0.771. The maximum atomic E-state index is 12.3. The Morgan fingerprint density at radius 1 is 1.53 bits per heavy atom. The van der Waals surface area contributed by atoms with Crippen molar-refractivity contribution in [1.82, 2.24) is 10.2 Å². The lowest BCUT2D eigenvalue weighted by Crippen LogP contribution is -2.50. The zero-order valence-electron chi connectivity index (χ0n) is 10.7. The van der Waals surface area contributed by atoms with E-state index >= 15 is 0 Å². The molecule has 1 fully saturated rings. The first-order valence-electron chi connectivity index (χ1n) is 6.07. The van der Waals surface area contributed by atoms with Gasteiger partial charge < -0.3 is 10.2 Å². The molecule has 1 N–H and O–H groups in total. The Kier molecular flexibility index (Phi) is 4.56. The summed E-state index contributed by atoms with van der Waals surface area (Å²) < 4.78 is 0. The maximum Gasteiger partial charge on any atom is 0.246 e. The summed E-state index contributed by atoms with van der Waals surface area (Å²) in [7, 11) is 0. The highest BCUT2D eigenvalue weighted by molar-refractivity contribution is 5.90. The lowest BCUT2D eigenvalue weighted by atomic mass is 9.98. The number of amides is 2. The van der Waals surface area contributed by atoms with Crippen molar-refractivity contribution in [1.29, 1.82) is 0 Å². The van der Waals surface area contributed by atoms with Crippen molar-refractivity contribution in [2.45, 2.75) is 45.7 Å². The van der Waals surface area contributed by atoms with Gasteiger partial charge in [-0.25, -0.2) is 0 Å². The second-order valence-corrected chi connectivity index (χ2v) is 4.55. The van der Waals surface area contributed by atoms with Crippen LogP contribution in [0.2, 0.25) is 0 Å². The van der Waals surface area contributed by atoms with Gasteiger partial charge in [0.15, 0.2) is 0 Å². The summed E-state index contributed by atoms with van der Waals surface area (Å²) in [6.07, 6.45) is 6.52. The molecule has 0 bridgehead atoms. The first-order valence-corrected chi connectivity index (χ1v) is 6.07. The summed E-state index contributed by atoms with van der Waals surface area (Å²) in [5, 5.41) is 2.79. The van der Waals surface area contributed by atoms with Gasteiger partial charge >= 0.3 is 0 Å². The molecule has 0 aliphatic carbocycles. The smallest absolute Gasteiger partial charge is 0.246 e. The van der Waals surface area contributed by atoms with Crippen LogP contribution in [0.25, 0.3) is 0 Å². The van der Waals surface area contributed by atoms with E-state index in [1.807, 2.05) is 13.8 Å². The molecule has 94 valence electrons. The zero-order chi connectivity index (χ0) is 13.0.